The second-order valence-corrected chi connectivity index (χ2v) is 9.98. The number of hydrogen-bond acceptors (Lipinski definition) is 7. The lowest BCUT2D eigenvalue weighted by Gasteiger charge is -2.41. The molecule has 0 aliphatic carbocycles. The third kappa shape index (κ3) is 4.54. The van der Waals surface area contributed by atoms with Gasteiger partial charge in [0.1, 0.15) is 5.52 Å². The number of likely N-dealkylation sites (tertiary alicyclic amines) is 1. The number of carbonyl (C=O) groups excluding carboxylic acids is 1. The van der Waals surface area contributed by atoms with Crippen molar-refractivity contribution in [2.24, 2.45) is 0 Å². The normalized spacial score (nSPS) is 18.3. The van der Waals surface area contributed by atoms with E-state index in [0.717, 1.165) is 62.3 Å². The van der Waals surface area contributed by atoms with Gasteiger partial charge in [-0.05, 0) is 68.1 Å². The highest BCUT2D eigenvalue weighted by Crippen LogP contribution is 2.26. The van der Waals surface area contributed by atoms with E-state index in [2.05, 4.69) is 62.7 Å². The Bertz CT molecular complexity index is 1410. The van der Waals surface area contributed by atoms with Crippen molar-refractivity contribution in [1.29, 1.82) is 0 Å². The van der Waals surface area contributed by atoms with Crippen molar-refractivity contribution in [3.8, 4) is 0 Å². The molecule has 36 heavy (non-hydrogen) atoms. The van der Waals surface area contributed by atoms with E-state index in [1.807, 2.05) is 29.3 Å². The van der Waals surface area contributed by atoms with Gasteiger partial charge in [-0.25, -0.2) is 9.97 Å². The predicted molar refractivity (Wildman–Crippen MR) is 138 cm³/mol. The monoisotopic (exact) mass is 482 g/mol. The van der Waals surface area contributed by atoms with Crippen molar-refractivity contribution >= 4 is 28.6 Å². The Morgan fingerprint density at radius 3 is 2.83 bits per heavy atom. The fourth-order valence-corrected chi connectivity index (χ4v) is 5.48. The summed E-state index contributed by atoms with van der Waals surface area (Å²) in [5, 5.41) is 14.1. The van der Waals surface area contributed by atoms with Crippen LogP contribution in [0.3, 0.4) is 0 Å². The van der Waals surface area contributed by atoms with Gasteiger partial charge >= 0.3 is 0 Å². The van der Waals surface area contributed by atoms with Crippen LogP contribution >= 0.6 is 0 Å². The largest absolute Gasteiger partial charge is 0.337 e. The topological polar surface area (TPSA) is 103 Å². The molecule has 1 amide bonds. The molecule has 1 saturated heterocycles. The van der Waals surface area contributed by atoms with Crippen LogP contribution in [0.25, 0.3) is 11.0 Å². The zero-order valence-corrected chi connectivity index (χ0v) is 20.7. The number of carbonyl (C=O) groups is 1. The van der Waals surface area contributed by atoms with Gasteiger partial charge in [-0.3, -0.25) is 14.8 Å². The summed E-state index contributed by atoms with van der Waals surface area (Å²) in [6, 6.07) is 12.3. The Morgan fingerprint density at radius 2 is 1.97 bits per heavy atom. The van der Waals surface area contributed by atoms with Gasteiger partial charge in [0.25, 0.3) is 5.91 Å². The van der Waals surface area contributed by atoms with Crippen LogP contribution in [0.1, 0.15) is 45.6 Å². The maximum absolute atomic E-state index is 13.2. The minimum Gasteiger partial charge on any atom is -0.337 e. The molecule has 2 N–H and O–H groups in total. The van der Waals surface area contributed by atoms with Crippen LogP contribution < -0.4 is 5.32 Å². The fraction of sp³-hybridized carbons (Fsp3) is 0.370. The molecule has 4 aromatic rings. The number of fused-ring (bicyclic) bond motifs is 2. The highest BCUT2D eigenvalue weighted by atomic mass is 16.2. The number of nitrogens with one attached hydrogen (secondary N) is 2. The zero-order valence-electron chi connectivity index (χ0n) is 20.7. The number of aromatic nitrogens is 5. The summed E-state index contributed by atoms with van der Waals surface area (Å²) in [5.74, 6) is 0.707. The fourth-order valence-electron chi connectivity index (χ4n) is 5.48. The summed E-state index contributed by atoms with van der Waals surface area (Å²) < 4.78 is 0. The number of hydrogen-bond donors (Lipinski definition) is 2. The summed E-state index contributed by atoms with van der Waals surface area (Å²) in [6.45, 7) is 7.46. The van der Waals surface area contributed by atoms with Crippen LogP contribution in [0, 0.1) is 13.8 Å². The first-order valence-corrected chi connectivity index (χ1v) is 12.6. The van der Waals surface area contributed by atoms with E-state index in [9.17, 15) is 4.79 Å². The molecule has 2 aliphatic heterocycles. The number of aromatic amines is 1. The van der Waals surface area contributed by atoms with Gasteiger partial charge in [0, 0.05) is 61.7 Å². The van der Waals surface area contributed by atoms with Crippen molar-refractivity contribution in [3.05, 3.63) is 70.5 Å². The maximum atomic E-state index is 13.2. The quantitative estimate of drug-likeness (QED) is 0.456. The number of nitrogens with zero attached hydrogens (tertiary/aromatic N) is 6. The second-order valence-electron chi connectivity index (χ2n) is 9.98. The Kier molecular flexibility index (Phi) is 5.85. The molecule has 9 nitrogen and oxygen atoms in total. The highest BCUT2D eigenvalue weighted by Gasteiger charge is 2.31. The van der Waals surface area contributed by atoms with Gasteiger partial charge < -0.3 is 10.2 Å². The number of piperidine rings is 1. The van der Waals surface area contributed by atoms with Crippen molar-refractivity contribution in [3.63, 3.8) is 0 Å². The van der Waals surface area contributed by atoms with Crippen molar-refractivity contribution in [1.82, 2.24) is 35.2 Å². The number of benzene rings is 2. The van der Waals surface area contributed by atoms with Gasteiger partial charge in [-0.15, -0.1) is 5.10 Å². The van der Waals surface area contributed by atoms with Gasteiger partial charge in [-0.1, -0.05) is 11.3 Å². The van der Waals surface area contributed by atoms with E-state index in [4.69, 9.17) is 4.98 Å². The van der Waals surface area contributed by atoms with E-state index in [1.54, 1.807) is 0 Å². The Labute approximate surface area is 209 Å². The van der Waals surface area contributed by atoms with Gasteiger partial charge in [-0.2, -0.15) is 0 Å². The lowest BCUT2D eigenvalue weighted by molar-refractivity contribution is 0.0547. The van der Waals surface area contributed by atoms with Crippen LogP contribution in [-0.2, 0) is 13.0 Å². The van der Waals surface area contributed by atoms with Crippen LogP contribution in [0.4, 0.5) is 11.6 Å². The zero-order chi connectivity index (χ0) is 24.6. The summed E-state index contributed by atoms with van der Waals surface area (Å²) in [5.41, 5.74) is 7.94. The Morgan fingerprint density at radius 1 is 1.11 bits per heavy atom. The van der Waals surface area contributed by atoms with Crippen LogP contribution in [0.15, 0.2) is 42.6 Å². The number of aryl methyl sites for hydroxylation is 2. The Hall–Kier alpha value is -3.85. The molecule has 0 saturated carbocycles. The first kappa shape index (κ1) is 22.6. The smallest absolute Gasteiger partial charge is 0.253 e. The van der Waals surface area contributed by atoms with E-state index in [1.165, 1.54) is 16.7 Å². The summed E-state index contributed by atoms with van der Waals surface area (Å²) >= 11 is 0. The predicted octanol–water partition coefficient (Wildman–Crippen LogP) is 3.77. The summed E-state index contributed by atoms with van der Waals surface area (Å²) in [4.78, 5) is 27.1. The van der Waals surface area contributed by atoms with E-state index >= 15 is 0 Å². The number of anilines is 2. The third-order valence-corrected chi connectivity index (χ3v) is 7.21. The second kappa shape index (κ2) is 9.31. The first-order chi connectivity index (χ1) is 17.5. The van der Waals surface area contributed by atoms with Crippen LogP contribution in [-0.4, -0.2) is 66.8 Å². The van der Waals surface area contributed by atoms with E-state index < -0.39 is 0 Å². The lowest BCUT2D eigenvalue weighted by Crippen LogP contribution is -2.51. The Balaban J connectivity index is 1.12. The van der Waals surface area contributed by atoms with Crippen LogP contribution in [0.5, 0.6) is 0 Å². The van der Waals surface area contributed by atoms with Crippen LogP contribution in [0.2, 0.25) is 0 Å². The van der Waals surface area contributed by atoms with E-state index in [-0.39, 0.29) is 5.91 Å². The molecule has 9 heteroatoms. The standard InChI is InChI=1S/C27H30N8O/c1-17-10-18(2)12-21(11-17)29-27-28-14-20-15-34(9-7-23(20)30-27)22-4-3-8-35(16-22)26(36)19-5-6-24-25(13-19)32-33-31-24/h5-6,10-14,22H,3-4,7-9,15-16H2,1-2H3,(H,28,29,30)(H,31,32,33). The molecule has 0 bridgehead atoms. The molecule has 0 radical (unpaired) electrons. The third-order valence-electron chi connectivity index (χ3n) is 7.21. The number of amides is 1. The van der Waals surface area contributed by atoms with Crippen molar-refractivity contribution < 1.29 is 4.79 Å². The average Bonchev–Trinajstić information content (AvgIpc) is 3.35. The molecule has 4 heterocycles. The molecule has 1 atom stereocenters. The lowest BCUT2D eigenvalue weighted by atomic mass is 9.99. The van der Waals surface area contributed by atoms with Gasteiger partial charge in [0.05, 0.1) is 11.2 Å². The summed E-state index contributed by atoms with van der Waals surface area (Å²) in [7, 11) is 0. The van der Waals surface area contributed by atoms with E-state index in [0.29, 0.717) is 23.1 Å². The minimum atomic E-state index is 0.0624. The molecule has 2 aromatic heterocycles. The maximum Gasteiger partial charge on any atom is 0.253 e. The molecular weight excluding hydrogens is 452 g/mol. The molecule has 6 rings (SSSR count). The molecule has 2 aliphatic rings. The first-order valence-electron chi connectivity index (χ1n) is 12.6. The SMILES string of the molecule is Cc1cc(C)cc(Nc2ncc3c(n2)CCN(C2CCCN(C(=O)c4ccc5[nH]nnc5c4)C2)C3)c1. The molecule has 1 fully saturated rings. The molecule has 184 valence electrons. The molecular formula is C27H30N8O. The van der Waals surface area contributed by atoms with Gasteiger partial charge in [0.2, 0.25) is 5.95 Å². The summed E-state index contributed by atoms with van der Waals surface area (Å²) in [6.07, 6.45) is 4.93. The average molecular weight is 483 g/mol. The van der Waals surface area contributed by atoms with Crippen molar-refractivity contribution in [2.75, 3.05) is 25.0 Å². The molecule has 2 aromatic carbocycles. The number of H-pyrrole nitrogens is 1. The minimum absolute atomic E-state index is 0.0624. The van der Waals surface area contributed by atoms with Crippen molar-refractivity contribution in [2.45, 2.75) is 45.7 Å². The molecule has 0 spiro atoms. The highest BCUT2D eigenvalue weighted by molar-refractivity contribution is 5.97. The van der Waals surface area contributed by atoms with Gasteiger partial charge in [0.15, 0.2) is 0 Å². The number of rotatable bonds is 4. The molecule has 1 unspecified atom stereocenters.